The Bertz CT molecular complexity index is 680. The molecule has 1 N–H and O–H groups in total. The molecule has 7 heteroatoms. The van der Waals surface area contributed by atoms with Crippen LogP contribution >= 0.6 is 0 Å². The molecule has 1 aromatic rings. The molecule has 1 saturated heterocycles. The molecular weight excluding hydrogens is 342 g/mol. The second kappa shape index (κ2) is 6.53. The van der Waals surface area contributed by atoms with Crippen molar-refractivity contribution in [2.75, 3.05) is 6.54 Å². The second-order valence-corrected chi connectivity index (χ2v) is 14.8. The molecule has 1 aliphatic heterocycles. The molecule has 0 aromatic heterocycles. The summed E-state index contributed by atoms with van der Waals surface area (Å²) in [5, 5.41) is 10.3. The van der Waals surface area contributed by atoms with Gasteiger partial charge in [0.15, 0.2) is 8.32 Å². The third kappa shape index (κ3) is 3.91. The van der Waals surface area contributed by atoms with Crippen LogP contribution < -0.4 is 0 Å². The van der Waals surface area contributed by atoms with Crippen LogP contribution in [-0.2, 0) is 14.4 Å². The third-order valence-corrected chi connectivity index (χ3v) is 11.5. The lowest BCUT2D eigenvalue weighted by atomic mass is 10.2. The molecule has 2 atom stereocenters. The largest absolute Gasteiger partial charge is 0.412 e. The molecule has 5 nitrogen and oxygen atoms in total. The summed E-state index contributed by atoms with van der Waals surface area (Å²) in [6, 6.07) is 6.69. The third-order valence-electron chi connectivity index (χ3n) is 5.08. The molecule has 1 aliphatic rings. The van der Waals surface area contributed by atoms with E-state index in [0.29, 0.717) is 6.42 Å². The van der Waals surface area contributed by atoms with E-state index in [2.05, 4.69) is 33.9 Å². The molecule has 2 rings (SSSR count). The first kappa shape index (κ1) is 19.6. The van der Waals surface area contributed by atoms with Gasteiger partial charge in [-0.1, -0.05) is 38.5 Å². The highest BCUT2D eigenvalue weighted by Crippen LogP contribution is 2.39. The molecule has 0 saturated carbocycles. The van der Waals surface area contributed by atoms with E-state index in [0.717, 1.165) is 9.87 Å². The Morgan fingerprint density at radius 3 is 2.25 bits per heavy atom. The van der Waals surface area contributed by atoms with Gasteiger partial charge in [-0.05, 0) is 37.2 Å². The van der Waals surface area contributed by atoms with Crippen LogP contribution in [0.15, 0.2) is 29.2 Å². The van der Waals surface area contributed by atoms with Gasteiger partial charge in [-0.15, -0.1) is 0 Å². The quantitative estimate of drug-likeness (QED) is 0.826. The van der Waals surface area contributed by atoms with Crippen molar-refractivity contribution in [1.82, 2.24) is 4.31 Å². The summed E-state index contributed by atoms with van der Waals surface area (Å²) < 4.78 is 33.0. The number of aryl methyl sites for hydroxylation is 1. The van der Waals surface area contributed by atoms with Gasteiger partial charge in [0.2, 0.25) is 10.0 Å². The highest BCUT2D eigenvalue weighted by Gasteiger charge is 2.45. The molecule has 136 valence electrons. The molecular formula is C17H29NO4SSi. The van der Waals surface area contributed by atoms with Crippen molar-refractivity contribution in [1.29, 1.82) is 0 Å². The van der Waals surface area contributed by atoms with E-state index in [9.17, 15) is 13.5 Å². The van der Waals surface area contributed by atoms with Crippen LogP contribution in [-0.4, -0.2) is 45.0 Å². The van der Waals surface area contributed by atoms with E-state index >= 15 is 0 Å². The van der Waals surface area contributed by atoms with Gasteiger partial charge in [0, 0.05) is 13.0 Å². The zero-order valence-corrected chi connectivity index (χ0v) is 17.2. The number of rotatable bonds is 4. The van der Waals surface area contributed by atoms with Crippen molar-refractivity contribution < 1.29 is 18.0 Å². The summed E-state index contributed by atoms with van der Waals surface area (Å²) in [6.45, 7) is 12.8. The lowest BCUT2D eigenvalue weighted by Crippen LogP contribution is -2.44. The van der Waals surface area contributed by atoms with Gasteiger partial charge in [-0.25, -0.2) is 8.42 Å². The van der Waals surface area contributed by atoms with Gasteiger partial charge in [0.1, 0.15) is 6.23 Å². The minimum absolute atomic E-state index is 0.0429. The fourth-order valence-electron chi connectivity index (χ4n) is 2.53. The summed E-state index contributed by atoms with van der Waals surface area (Å²) in [6.07, 6.45) is -0.982. The Morgan fingerprint density at radius 1 is 1.21 bits per heavy atom. The Labute approximate surface area is 146 Å². The SMILES string of the molecule is Cc1ccc(S(=O)(=O)N2C[C@H](O[Si](C)(C)C(C)(C)C)CC2O)cc1. The van der Waals surface area contributed by atoms with Gasteiger partial charge in [-0.2, -0.15) is 4.31 Å². The number of aliphatic hydroxyl groups is 1. The maximum absolute atomic E-state index is 12.8. The van der Waals surface area contributed by atoms with Gasteiger partial charge in [-0.3, -0.25) is 0 Å². The van der Waals surface area contributed by atoms with E-state index in [1.165, 1.54) is 0 Å². The Morgan fingerprint density at radius 2 is 1.75 bits per heavy atom. The number of benzene rings is 1. The topological polar surface area (TPSA) is 66.8 Å². The molecule has 0 amide bonds. The Balaban J connectivity index is 2.18. The zero-order chi connectivity index (χ0) is 18.3. The number of aliphatic hydroxyl groups excluding tert-OH is 1. The summed E-state index contributed by atoms with van der Waals surface area (Å²) in [4.78, 5) is 0.208. The van der Waals surface area contributed by atoms with E-state index in [-0.39, 0.29) is 22.6 Å². The minimum atomic E-state index is -3.71. The zero-order valence-electron chi connectivity index (χ0n) is 15.4. The van der Waals surface area contributed by atoms with E-state index in [1.54, 1.807) is 24.3 Å². The number of hydrogen-bond acceptors (Lipinski definition) is 4. The normalized spacial score (nSPS) is 23.6. The van der Waals surface area contributed by atoms with Crippen LogP contribution in [0.3, 0.4) is 0 Å². The Kier molecular flexibility index (Phi) is 5.33. The fourth-order valence-corrected chi connectivity index (χ4v) is 5.41. The fraction of sp³-hybridized carbons (Fsp3) is 0.647. The number of sulfonamides is 1. The predicted octanol–water partition coefficient (Wildman–Crippen LogP) is 3.10. The molecule has 0 radical (unpaired) electrons. The van der Waals surface area contributed by atoms with Gasteiger partial charge in [0.05, 0.1) is 11.0 Å². The van der Waals surface area contributed by atoms with Crippen LogP contribution in [0.2, 0.25) is 18.1 Å². The molecule has 1 fully saturated rings. The van der Waals surface area contributed by atoms with Crippen molar-refractivity contribution >= 4 is 18.3 Å². The Hall–Kier alpha value is -0.733. The highest BCUT2D eigenvalue weighted by molar-refractivity contribution is 7.89. The van der Waals surface area contributed by atoms with E-state index < -0.39 is 24.6 Å². The molecule has 1 aromatic carbocycles. The van der Waals surface area contributed by atoms with Crippen molar-refractivity contribution in [3.63, 3.8) is 0 Å². The average Bonchev–Trinajstić information content (AvgIpc) is 2.78. The summed E-state index contributed by atoms with van der Waals surface area (Å²) in [7, 11) is -5.72. The predicted molar refractivity (Wildman–Crippen MR) is 97.8 cm³/mol. The van der Waals surface area contributed by atoms with Gasteiger partial charge in [0.25, 0.3) is 0 Å². The smallest absolute Gasteiger partial charge is 0.245 e. The van der Waals surface area contributed by atoms with Crippen molar-refractivity contribution in [3.8, 4) is 0 Å². The second-order valence-electron chi connectivity index (χ2n) is 8.10. The van der Waals surface area contributed by atoms with Crippen LogP contribution in [0.1, 0.15) is 32.8 Å². The van der Waals surface area contributed by atoms with Crippen molar-refractivity contribution in [3.05, 3.63) is 29.8 Å². The van der Waals surface area contributed by atoms with Crippen LogP contribution in [0.25, 0.3) is 0 Å². The van der Waals surface area contributed by atoms with Crippen LogP contribution in [0.5, 0.6) is 0 Å². The van der Waals surface area contributed by atoms with Crippen molar-refractivity contribution in [2.24, 2.45) is 0 Å². The van der Waals surface area contributed by atoms with Crippen molar-refractivity contribution in [2.45, 2.75) is 69.5 Å². The monoisotopic (exact) mass is 371 g/mol. The standard InChI is InChI=1S/C17H29NO4SSi/c1-13-7-9-15(10-8-13)23(20,21)18-12-14(11-16(18)19)22-24(5,6)17(2,3)4/h7-10,14,16,19H,11-12H2,1-6H3/t14-,16?/m1/s1. The number of nitrogens with zero attached hydrogens (tertiary/aromatic N) is 1. The minimum Gasteiger partial charge on any atom is -0.412 e. The molecule has 1 unspecified atom stereocenters. The van der Waals surface area contributed by atoms with E-state index in [4.69, 9.17) is 4.43 Å². The maximum Gasteiger partial charge on any atom is 0.245 e. The summed E-state index contributed by atoms with van der Waals surface area (Å²) >= 11 is 0. The first-order valence-electron chi connectivity index (χ1n) is 8.29. The summed E-state index contributed by atoms with van der Waals surface area (Å²) in [5.74, 6) is 0. The highest BCUT2D eigenvalue weighted by atomic mass is 32.2. The molecule has 0 bridgehead atoms. The first-order valence-corrected chi connectivity index (χ1v) is 12.6. The molecule has 1 heterocycles. The molecule has 0 spiro atoms. The number of hydrogen-bond donors (Lipinski definition) is 1. The van der Waals surface area contributed by atoms with Crippen LogP contribution in [0.4, 0.5) is 0 Å². The molecule has 0 aliphatic carbocycles. The van der Waals surface area contributed by atoms with E-state index in [1.807, 2.05) is 6.92 Å². The maximum atomic E-state index is 12.8. The van der Waals surface area contributed by atoms with Crippen LogP contribution in [0, 0.1) is 6.92 Å². The van der Waals surface area contributed by atoms with Gasteiger partial charge >= 0.3 is 0 Å². The lowest BCUT2D eigenvalue weighted by molar-refractivity contribution is 0.0907. The first-order chi connectivity index (χ1) is 10.8. The van der Waals surface area contributed by atoms with Gasteiger partial charge < -0.3 is 9.53 Å². The summed E-state index contributed by atoms with van der Waals surface area (Å²) in [5.41, 5.74) is 0.995. The lowest BCUT2D eigenvalue weighted by Gasteiger charge is -2.38. The molecule has 24 heavy (non-hydrogen) atoms. The average molecular weight is 372 g/mol.